The van der Waals surface area contributed by atoms with Crippen LogP contribution >= 0.6 is 92.8 Å². The van der Waals surface area contributed by atoms with Crippen molar-refractivity contribution >= 4 is 179 Å². The van der Waals surface area contributed by atoms with E-state index >= 15 is 0 Å². The summed E-state index contributed by atoms with van der Waals surface area (Å²) in [5, 5.41) is 29.5. The summed E-state index contributed by atoms with van der Waals surface area (Å²) in [5.41, 5.74) is 19.2. The maximum Gasteiger partial charge on any atom is 0.357 e. The van der Waals surface area contributed by atoms with Crippen LogP contribution in [0.15, 0.2) is 236 Å². The van der Waals surface area contributed by atoms with Crippen LogP contribution in [0, 0.1) is 0 Å². The molecule has 5 aromatic heterocycles. The van der Waals surface area contributed by atoms with Gasteiger partial charge >= 0.3 is 5.97 Å². The zero-order valence-electron chi connectivity index (χ0n) is 79.3. The number of ketones is 4. The second-order valence-electron chi connectivity index (χ2n) is 30.8. The van der Waals surface area contributed by atoms with E-state index in [0.717, 1.165) is 69.1 Å². The minimum Gasteiger partial charge on any atom is -0.506 e. The molecule has 144 heavy (non-hydrogen) atoms. The van der Waals surface area contributed by atoms with Crippen LogP contribution in [-0.4, -0.2) is 124 Å². The maximum absolute atomic E-state index is 12.7. The number of aromatic carboxylic acids is 1. The quantitative estimate of drug-likeness (QED) is 0.0107. The predicted octanol–water partition coefficient (Wildman–Crippen LogP) is 24.5. The van der Waals surface area contributed by atoms with Crippen LogP contribution in [-0.2, 0) is 32.3 Å². The van der Waals surface area contributed by atoms with E-state index < -0.39 is 17.8 Å². The molecular formula is C102H97Cl8N11O23. The molecular weight excluding hydrogens is 2030 g/mol. The van der Waals surface area contributed by atoms with E-state index in [1.165, 1.54) is 64.5 Å². The number of carbonyl (C=O) groups is 7. The van der Waals surface area contributed by atoms with Crippen LogP contribution in [0.25, 0.3) is 22.3 Å². The number of aromatic hydroxyl groups is 1. The summed E-state index contributed by atoms with van der Waals surface area (Å²) in [6.07, 6.45) is 4.79. The summed E-state index contributed by atoms with van der Waals surface area (Å²) in [6, 6.07) is 55.6. The number of nitrogens with zero attached hydrogens (tertiary/aromatic N) is 4. The summed E-state index contributed by atoms with van der Waals surface area (Å²) in [6.45, 7) is 14.5. The maximum atomic E-state index is 12.7. The molecule has 0 fully saturated rings. The fourth-order valence-electron chi connectivity index (χ4n) is 12.3. The van der Waals surface area contributed by atoms with E-state index in [1.807, 2.05) is 149 Å². The van der Waals surface area contributed by atoms with Crippen molar-refractivity contribution in [3.63, 3.8) is 0 Å². The Labute approximate surface area is 865 Å². The molecule has 0 atom stereocenters. The Morgan fingerprint density at radius 1 is 0.396 bits per heavy atom. The molecule has 15 rings (SSSR count). The number of carbonyl (C=O) groups excluding carboxylic acids is 6. The van der Waals surface area contributed by atoms with Gasteiger partial charge in [-0.15, -0.1) is 11.6 Å². The molecule has 754 valence electrons. The fourth-order valence-corrected chi connectivity index (χ4v) is 13.9. The molecule has 2 amide bonds. The number of alkyl halides is 1. The third-order valence-electron chi connectivity index (χ3n) is 19.7. The van der Waals surface area contributed by atoms with Crippen LogP contribution in [0.5, 0.6) is 57.5 Å². The van der Waals surface area contributed by atoms with E-state index in [2.05, 4.69) is 50.6 Å². The number of phenols is 1. The lowest BCUT2D eigenvalue weighted by molar-refractivity contribution is 0.0688. The molecule has 10 aromatic carbocycles. The Hall–Kier alpha value is -15.1. The zero-order valence-corrected chi connectivity index (χ0v) is 85.4. The summed E-state index contributed by atoms with van der Waals surface area (Å²) in [4.78, 5) is 113. The minimum absolute atomic E-state index is 0.0303. The molecule has 0 radical (unpaired) electrons. The number of anilines is 6. The van der Waals surface area contributed by atoms with Crippen LogP contribution < -0.4 is 80.8 Å². The smallest absolute Gasteiger partial charge is 0.357 e. The number of hydrogen-bond donors (Lipinski definition) is 9. The monoisotopic (exact) mass is 2120 g/mol. The number of fused-ring (bicyclic) bond motifs is 1. The molecule has 34 nitrogen and oxygen atoms in total. The number of oxazole rings is 4. The lowest BCUT2D eigenvalue weighted by Gasteiger charge is -2.15. The number of Topliss-reactive ketones (excluding diaryl/α,β-unsaturated/α-hetero) is 4. The second-order valence-corrected chi connectivity index (χ2v) is 33.6. The summed E-state index contributed by atoms with van der Waals surface area (Å²) in [7, 11) is 8.07. The average molecular weight is 2130 g/mol. The standard InChI is InChI=1S/C23H24ClN3O5.C23H22ClN3O4.C20H16Cl2N2O5.C16H16ClNO3.C8H8ClNO2.C8H9ClO.C4H2ClNO3/c1-13(2)25-23-26-18(12-32-23)22(29)27-21-17(14(3)28)9-10-19(20(21)24)31-11-15-5-7-16(30-4)8-6-15;1-13(2)25-23-27-18(12-31-23)17-10-19(28)16-8-9-20(21(24)22(16)26-17)30-11-14-4-6-15(29-3)7-5-14;1-11(25)14-7-8-16(28-9-12-3-5-13(27-2)6-4-12)17(21)18(14)24-19(26)15-10-29-20(22)23-15;1-10(19)13-7-8-14(15(17)16(13)18)21-9-11-3-5-12(20-2)6-4-11;1-4(11)5-2-3-6(12)7(9)8(5)10;1-10-8-4-2-7(6-9)3-5-8;5-4-6-2(1-9-4)3(7)8/h5-10,12-13H,11H2,1-4H3,(H,25,26)(H,27,29);4-10,12-13H,11H2,1-3H3,(H,25,27)(H,26,28);3-8,10H,9H2,1-2H3,(H,24,26);3-8H,9,18H2,1-2H3;2-3,12H,10H2,1H3;2-5H,6H2,1H3;1H,(H,7,8). The van der Waals surface area contributed by atoms with E-state index in [4.69, 9.17) is 170 Å². The average Bonchev–Trinajstić information content (AvgIpc) is 1.64. The highest BCUT2D eigenvalue weighted by Crippen LogP contribution is 2.41. The van der Waals surface area contributed by atoms with Crippen molar-refractivity contribution in [1.29, 1.82) is 0 Å². The number of rotatable bonds is 32. The number of carboxylic acid groups (broad SMARTS) is 1. The van der Waals surface area contributed by atoms with Gasteiger partial charge in [0.15, 0.2) is 45.6 Å². The van der Waals surface area contributed by atoms with E-state index in [1.54, 1.807) is 78.0 Å². The number of nitrogens with two attached hydrogens (primary N) is 2. The van der Waals surface area contributed by atoms with Gasteiger partial charge in [-0.1, -0.05) is 119 Å². The van der Waals surface area contributed by atoms with Gasteiger partial charge in [-0.25, -0.2) is 4.79 Å². The molecule has 0 aliphatic carbocycles. The van der Waals surface area contributed by atoms with Gasteiger partial charge in [0, 0.05) is 51.7 Å². The number of aromatic nitrogens is 5. The number of H-pyrrole nitrogens is 1. The Balaban J connectivity index is 0.000000195. The number of pyridine rings is 1. The SMILES string of the molecule is CC(=O)c1ccc(O)c(Cl)c1N.COc1ccc(CCl)cc1.COc1ccc(COc2ccc(C(C)=O)c(N)c2Cl)cc1.COc1ccc(COc2ccc(C(C)=O)c(NC(=O)c3coc(Cl)n3)c2Cl)cc1.COc1ccc(COc2ccc(C(C)=O)c(NC(=O)c3coc(NC(C)C)n3)c2Cl)cc1.COc1ccc(COc2ccc3c(=O)cc(-c4coc(NC(C)C)n4)[nH]c3c2Cl)cc1.O=C(O)c1coc(Cl)n1. The predicted molar refractivity (Wildman–Crippen MR) is 553 cm³/mol. The number of amides is 2. The molecule has 0 bridgehead atoms. The number of phenolic OH excluding ortho intramolecular Hbond substituents is 1. The van der Waals surface area contributed by atoms with Crippen molar-refractivity contribution in [2.75, 3.05) is 68.3 Å². The Kier molecular flexibility index (Phi) is 42.8. The third-order valence-corrected chi connectivity index (χ3v) is 22.3. The van der Waals surface area contributed by atoms with Crippen LogP contribution in [0.3, 0.4) is 0 Å². The lowest BCUT2D eigenvalue weighted by atomic mass is 10.1. The largest absolute Gasteiger partial charge is 0.506 e. The minimum atomic E-state index is -1.15. The Bertz CT molecular complexity index is 6980. The van der Waals surface area contributed by atoms with Crippen molar-refractivity contribution in [1.82, 2.24) is 24.9 Å². The molecule has 15 aromatic rings. The van der Waals surface area contributed by atoms with Crippen LogP contribution in [0.1, 0.15) is 156 Å². The topological polar surface area (TPSA) is 480 Å². The Morgan fingerprint density at radius 3 is 1.08 bits per heavy atom. The second kappa shape index (κ2) is 54.8. The lowest BCUT2D eigenvalue weighted by Crippen LogP contribution is -2.16. The number of carboxylic acids is 1. The number of aromatic amines is 1. The first-order valence-corrected chi connectivity index (χ1v) is 46.1. The fraction of sp³-hybridized carbons (Fsp3) is 0.196. The normalized spacial score (nSPS) is 10.4. The van der Waals surface area contributed by atoms with Gasteiger partial charge in [-0.2, -0.15) is 19.9 Å². The first kappa shape index (κ1) is 112. The zero-order chi connectivity index (χ0) is 105. The van der Waals surface area contributed by atoms with Gasteiger partial charge in [0.25, 0.3) is 34.5 Å². The van der Waals surface area contributed by atoms with Crippen molar-refractivity contribution < 1.29 is 104 Å². The first-order chi connectivity index (χ1) is 68.7. The number of benzene rings is 10. The number of nitrogen functional groups attached to an aromatic ring is 2. The van der Waals surface area contributed by atoms with Crippen LogP contribution in [0.4, 0.5) is 34.8 Å². The van der Waals surface area contributed by atoms with Crippen molar-refractivity contribution in [3.8, 4) is 68.9 Å². The van der Waals surface area contributed by atoms with Crippen LogP contribution in [0.2, 0.25) is 35.8 Å². The molecule has 0 unspecified atom stereocenters. The van der Waals surface area contributed by atoms with Gasteiger partial charge in [0.05, 0.1) is 69.5 Å². The number of hydrogen-bond acceptors (Lipinski definition) is 30. The first-order valence-electron chi connectivity index (χ1n) is 42.9. The van der Waals surface area contributed by atoms with Gasteiger partial charge in [0.2, 0.25) is 0 Å². The molecule has 5 heterocycles. The highest BCUT2D eigenvalue weighted by atomic mass is 35.5. The molecule has 42 heteroatoms. The van der Waals surface area contributed by atoms with Gasteiger partial charge in [-0.05, 0) is 228 Å². The summed E-state index contributed by atoms with van der Waals surface area (Å²) in [5.74, 6) is 2.73. The van der Waals surface area contributed by atoms with Crippen molar-refractivity contribution in [2.45, 2.75) is 99.8 Å². The molecule has 0 aliphatic rings. The van der Waals surface area contributed by atoms with Gasteiger partial charge in [0.1, 0.15) is 140 Å². The number of methoxy groups -OCH3 is 5. The van der Waals surface area contributed by atoms with Gasteiger partial charge in [-0.3, -0.25) is 33.6 Å². The third kappa shape index (κ3) is 32.7. The van der Waals surface area contributed by atoms with E-state index in [0.29, 0.717) is 86.5 Å². The molecule has 0 spiro atoms. The Morgan fingerprint density at radius 2 is 0.722 bits per heavy atom. The molecule has 11 N–H and O–H groups in total. The van der Waals surface area contributed by atoms with E-state index in [-0.39, 0.29) is 147 Å². The number of nitrogens with one attached hydrogen (secondary N) is 5. The molecule has 0 aliphatic heterocycles. The number of halogens is 8. The number of ether oxygens (including phenoxy) is 9. The van der Waals surface area contributed by atoms with Crippen molar-refractivity contribution in [3.05, 3.63) is 326 Å². The molecule has 0 saturated heterocycles. The summed E-state index contributed by atoms with van der Waals surface area (Å²) >= 11 is 47.6. The molecule has 0 saturated carbocycles. The van der Waals surface area contributed by atoms with Gasteiger partial charge < -0.3 is 108 Å². The summed E-state index contributed by atoms with van der Waals surface area (Å²) < 4.78 is 68.5. The van der Waals surface area contributed by atoms with E-state index in [9.17, 15) is 38.4 Å². The van der Waals surface area contributed by atoms with Crippen molar-refractivity contribution in [2.24, 2.45) is 0 Å². The highest BCUT2D eigenvalue weighted by molar-refractivity contribution is 6.38. The highest BCUT2D eigenvalue weighted by Gasteiger charge is 2.25.